The fourth-order valence-corrected chi connectivity index (χ4v) is 2.20. The highest BCUT2D eigenvalue weighted by molar-refractivity contribution is 5.94. The Bertz CT molecular complexity index is 481. The molecule has 1 unspecified atom stereocenters. The largest absolute Gasteiger partial charge is 0.334 e. The van der Waals surface area contributed by atoms with Crippen LogP contribution in [0.5, 0.6) is 0 Å². The maximum absolute atomic E-state index is 12.2. The third-order valence-corrected chi connectivity index (χ3v) is 3.26. The molecule has 0 spiro atoms. The number of likely N-dealkylation sites (tertiary alicyclic amines) is 1. The number of hydrogen-bond donors (Lipinski definition) is 1. The lowest BCUT2D eigenvalue weighted by atomic mass is 10.2. The van der Waals surface area contributed by atoms with Crippen molar-refractivity contribution in [3.63, 3.8) is 0 Å². The Morgan fingerprint density at radius 3 is 3.00 bits per heavy atom. The minimum absolute atomic E-state index is 0.0874. The highest BCUT2D eigenvalue weighted by Crippen LogP contribution is 2.18. The van der Waals surface area contributed by atoms with E-state index in [9.17, 15) is 9.59 Å². The van der Waals surface area contributed by atoms with E-state index in [0.717, 1.165) is 19.4 Å². The van der Waals surface area contributed by atoms with E-state index in [4.69, 9.17) is 5.73 Å². The van der Waals surface area contributed by atoms with Crippen LogP contribution >= 0.6 is 0 Å². The predicted molar refractivity (Wildman–Crippen MR) is 64.8 cm³/mol. The van der Waals surface area contributed by atoms with Crippen molar-refractivity contribution in [1.29, 1.82) is 0 Å². The fourth-order valence-electron chi connectivity index (χ4n) is 2.20. The Kier molecular flexibility index (Phi) is 3.28. The average Bonchev–Trinajstić information content (AvgIpc) is 2.80. The van der Waals surface area contributed by atoms with Gasteiger partial charge in [0, 0.05) is 44.0 Å². The van der Waals surface area contributed by atoms with Crippen LogP contribution in [0.3, 0.4) is 0 Å². The molecule has 92 valence electrons. The van der Waals surface area contributed by atoms with Gasteiger partial charge in [-0.3, -0.25) is 9.59 Å². The second-order valence-corrected chi connectivity index (χ2v) is 4.39. The molecule has 2 heterocycles. The van der Waals surface area contributed by atoms with Crippen molar-refractivity contribution in [1.82, 2.24) is 9.47 Å². The molecule has 2 N–H and O–H groups in total. The van der Waals surface area contributed by atoms with E-state index in [1.807, 2.05) is 0 Å². The molecule has 5 heteroatoms. The molecule has 0 aromatic carbocycles. The average molecular weight is 235 g/mol. The standard InChI is InChI=1S/C12H17N3O2/c1-14-6-4-9(7-11(14)16)12(17)15-5-2-3-10(15)8-13/h4,6-7,10H,2-3,5,8,13H2,1H3. The molecule has 0 saturated carbocycles. The molecule has 1 aromatic rings. The summed E-state index contributed by atoms with van der Waals surface area (Å²) < 4.78 is 1.45. The van der Waals surface area contributed by atoms with E-state index in [-0.39, 0.29) is 17.5 Å². The summed E-state index contributed by atoms with van der Waals surface area (Å²) in [5.74, 6) is -0.0874. The van der Waals surface area contributed by atoms with Crippen LogP contribution in [-0.2, 0) is 7.05 Å². The molecular formula is C12H17N3O2. The van der Waals surface area contributed by atoms with Crippen molar-refractivity contribution in [2.45, 2.75) is 18.9 Å². The zero-order chi connectivity index (χ0) is 12.4. The van der Waals surface area contributed by atoms with Gasteiger partial charge in [0.25, 0.3) is 11.5 Å². The molecule has 2 rings (SSSR count). The molecule has 1 aromatic heterocycles. The molecule has 1 aliphatic heterocycles. The Labute approximate surface area is 99.8 Å². The second kappa shape index (κ2) is 4.71. The van der Waals surface area contributed by atoms with Gasteiger partial charge < -0.3 is 15.2 Å². The third-order valence-electron chi connectivity index (χ3n) is 3.26. The van der Waals surface area contributed by atoms with E-state index in [2.05, 4.69) is 0 Å². The van der Waals surface area contributed by atoms with Gasteiger partial charge in [0.05, 0.1) is 0 Å². The van der Waals surface area contributed by atoms with Gasteiger partial charge >= 0.3 is 0 Å². The van der Waals surface area contributed by atoms with E-state index in [0.29, 0.717) is 12.1 Å². The minimum Gasteiger partial charge on any atom is -0.334 e. The van der Waals surface area contributed by atoms with Gasteiger partial charge in [-0.15, -0.1) is 0 Å². The smallest absolute Gasteiger partial charge is 0.254 e. The zero-order valence-electron chi connectivity index (χ0n) is 9.93. The first kappa shape index (κ1) is 11.9. The summed E-state index contributed by atoms with van der Waals surface area (Å²) in [6, 6.07) is 3.18. The Morgan fingerprint density at radius 1 is 1.59 bits per heavy atom. The van der Waals surface area contributed by atoms with Crippen LogP contribution < -0.4 is 11.3 Å². The summed E-state index contributed by atoms with van der Waals surface area (Å²) >= 11 is 0. The number of pyridine rings is 1. The topological polar surface area (TPSA) is 68.3 Å². The van der Waals surface area contributed by atoms with Crippen molar-refractivity contribution in [2.24, 2.45) is 12.8 Å². The summed E-state index contributed by atoms with van der Waals surface area (Å²) in [4.78, 5) is 25.5. The number of amides is 1. The first-order valence-corrected chi connectivity index (χ1v) is 5.81. The van der Waals surface area contributed by atoms with Gasteiger partial charge in [0.15, 0.2) is 0 Å². The maximum atomic E-state index is 12.2. The summed E-state index contributed by atoms with van der Waals surface area (Å²) in [5, 5.41) is 0. The fraction of sp³-hybridized carbons (Fsp3) is 0.500. The summed E-state index contributed by atoms with van der Waals surface area (Å²) in [7, 11) is 1.66. The zero-order valence-corrected chi connectivity index (χ0v) is 9.93. The molecule has 1 saturated heterocycles. The Hall–Kier alpha value is -1.62. The maximum Gasteiger partial charge on any atom is 0.254 e. The Balaban J connectivity index is 2.24. The van der Waals surface area contributed by atoms with Gasteiger partial charge in [-0.25, -0.2) is 0 Å². The summed E-state index contributed by atoms with van der Waals surface area (Å²) in [6.45, 7) is 1.21. The van der Waals surface area contributed by atoms with Gasteiger partial charge in [0.1, 0.15) is 0 Å². The van der Waals surface area contributed by atoms with E-state index in [1.54, 1.807) is 24.2 Å². The van der Waals surface area contributed by atoms with Crippen molar-refractivity contribution < 1.29 is 4.79 Å². The van der Waals surface area contributed by atoms with Gasteiger partial charge in [-0.1, -0.05) is 0 Å². The second-order valence-electron chi connectivity index (χ2n) is 4.39. The van der Waals surface area contributed by atoms with E-state index in [1.165, 1.54) is 10.6 Å². The quantitative estimate of drug-likeness (QED) is 0.781. The number of rotatable bonds is 2. The molecule has 1 amide bonds. The number of nitrogens with two attached hydrogens (primary N) is 1. The van der Waals surface area contributed by atoms with Crippen LogP contribution in [0.4, 0.5) is 0 Å². The molecule has 0 bridgehead atoms. The predicted octanol–water partition coefficient (Wildman–Crippen LogP) is -0.0514. The van der Waals surface area contributed by atoms with Gasteiger partial charge in [-0.05, 0) is 18.9 Å². The normalized spacial score (nSPS) is 19.6. The van der Waals surface area contributed by atoms with Crippen LogP contribution in [0, 0.1) is 0 Å². The Morgan fingerprint density at radius 2 is 2.35 bits per heavy atom. The number of aromatic nitrogens is 1. The summed E-state index contributed by atoms with van der Waals surface area (Å²) in [5.41, 5.74) is 5.92. The van der Waals surface area contributed by atoms with Gasteiger partial charge in [-0.2, -0.15) is 0 Å². The van der Waals surface area contributed by atoms with Crippen LogP contribution in [-0.4, -0.2) is 34.5 Å². The number of aryl methyl sites for hydroxylation is 1. The molecule has 5 nitrogen and oxygen atoms in total. The number of nitrogens with zero attached hydrogens (tertiary/aromatic N) is 2. The lowest BCUT2D eigenvalue weighted by Crippen LogP contribution is -2.40. The highest BCUT2D eigenvalue weighted by Gasteiger charge is 2.28. The van der Waals surface area contributed by atoms with Crippen LogP contribution in [0.1, 0.15) is 23.2 Å². The molecule has 1 fully saturated rings. The SMILES string of the molecule is Cn1ccc(C(=O)N2CCCC2CN)cc1=O. The van der Waals surface area contributed by atoms with E-state index < -0.39 is 0 Å². The molecule has 1 aliphatic rings. The third kappa shape index (κ3) is 2.24. The van der Waals surface area contributed by atoms with E-state index >= 15 is 0 Å². The molecular weight excluding hydrogens is 218 g/mol. The van der Waals surface area contributed by atoms with Crippen LogP contribution in [0.2, 0.25) is 0 Å². The molecule has 17 heavy (non-hydrogen) atoms. The highest BCUT2D eigenvalue weighted by atomic mass is 16.2. The van der Waals surface area contributed by atoms with Crippen molar-refractivity contribution >= 4 is 5.91 Å². The lowest BCUT2D eigenvalue weighted by Gasteiger charge is -2.23. The number of carbonyl (C=O) groups excluding carboxylic acids is 1. The van der Waals surface area contributed by atoms with Crippen molar-refractivity contribution in [3.8, 4) is 0 Å². The number of carbonyl (C=O) groups is 1. The van der Waals surface area contributed by atoms with Crippen LogP contribution in [0.25, 0.3) is 0 Å². The first-order valence-electron chi connectivity index (χ1n) is 5.81. The van der Waals surface area contributed by atoms with Crippen molar-refractivity contribution in [2.75, 3.05) is 13.1 Å². The van der Waals surface area contributed by atoms with Gasteiger partial charge in [0.2, 0.25) is 0 Å². The molecule has 0 aliphatic carbocycles. The minimum atomic E-state index is -0.167. The monoisotopic (exact) mass is 235 g/mol. The molecule has 0 radical (unpaired) electrons. The number of hydrogen-bond acceptors (Lipinski definition) is 3. The van der Waals surface area contributed by atoms with Crippen LogP contribution in [0.15, 0.2) is 23.1 Å². The lowest BCUT2D eigenvalue weighted by molar-refractivity contribution is 0.0741. The van der Waals surface area contributed by atoms with Crippen molar-refractivity contribution in [3.05, 3.63) is 34.2 Å². The first-order chi connectivity index (χ1) is 8.13. The molecule has 1 atom stereocenters. The summed E-state index contributed by atoms with van der Waals surface area (Å²) in [6.07, 6.45) is 3.55.